The van der Waals surface area contributed by atoms with Crippen molar-refractivity contribution in [3.8, 4) is 11.5 Å². The summed E-state index contributed by atoms with van der Waals surface area (Å²) < 4.78 is 14.9. The van der Waals surface area contributed by atoms with E-state index in [1.165, 1.54) is 13.8 Å². The van der Waals surface area contributed by atoms with Gasteiger partial charge in [-0.2, -0.15) is 0 Å². The van der Waals surface area contributed by atoms with E-state index in [1.54, 1.807) is 19.9 Å². The molecule has 0 unspecified atom stereocenters. The Morgan fingerprint density at radius 3 is 2.15 bits per heavy atom. The minimum absolute atomic E-state index is 0.0464. The third-order valence-corrected chi connectivity index (χ3v) is 2.58. The van der Waals surface area contributed by atoms with Gasteiger partial charge >= 0.3 is 11.9 Å². The Hall–Kier alpha value is -2.37. The third-order valence-electron chi connectivity index (χ3n) is 2.58. The van der Waals surface area contributed by atoms with Crippen LogP contribution in [0.2, 0.25) is 0 Å². The van der Waals surface area contributed by atoms with Gasteiger partial charge in [0.2, 0.25) is 0 Å². The molecule has 0 aromatic heterocycles. The third kappa shape index (κ3) is 3.81. The first-order valence-electron chi connectivity index (χ1n) is 5.92. The number of carbonyl (C=O) groups excluding carboxylic acids is 3. The van der Waals surface area contributed by atoms with E-state index >= 15 is 0 Å². The summed E-state index contributed by atoms with van der Waals surface area (Å²) in [5.41, 5.74) is 1.84. The van der Waals surface area contributed by atoms with Crippen molar-refractivity contribution in [2.75, 3.05) is 0 Å². The summed E-state index contributed by atoms with van der Waals surface area (Å²) in [6.45, 7) is 6.28. The summed E-state index contributed by atoms with van der Waals surface area (Å²) in [7, 11) is 0. The van der Waals surface area contributed by atoms with Crippen molar-refractivity contribution < 1.29 is 28.6 Å². The lowest BCUT2D eigenvalue weighted by Gasteiger charge is -2.16. The van der Waals surface area contributed by atoms with Gasteiger partial charge in [-0.25, -0.2) is 0 Å². The van der Waals surface area contributed by atoms with Crippen molar-refractivity contribution in [2.45, 2.75) is 34.3 Å². The van der Waals surface area contributed by atoms with E-state index in [0.29, 0.717) is 23.2 Å². The zero-order chi connectivity index (χ0) is 15.3. The van der Waals surface area contributed by atoms with Gasteiger partial charge in [-0.15, -0.1) is 0 Å². The summed E-state index contributed by atoms with van der Waals surface area (Å²) in [6, 6.07) is 1.71. The lowest BCUT2D eigenvalue weighted by Crippen LogP contribution is -2.11. The maximum atomic E-state index is 11.2. The smallest absolute Gasteiger partial charge is 0.308 e. The zero-order valence-electron chi connectivity index (χ0n) is 11.8. The number of rotatable bonds is 5. The van der Waals surface area contributed by atoms with Gasteiger partial charge in [0.05, 0.1) is 0 Å². The first-order chi connectivity index (χ1) is 9.36. The molecule has 0 atom stereocenters. The molecule has 0 radical (unpaired) electrons. The minimum Gasteiger partial charge on any atom is -0.463 e. The standard InChI is InChI=1S/C14H16O6/c1-8-5-12(6-18-7-15)9(2)14(20-11(4)17)13(8)19-10(3)16/h5,7H,6H2,1-4H3. The topological polar surface area (TPSA) is 78.9 Å². The van der Waals surface area contributed by atoms with Crippen LogP contribution in [-0.2, 0) is 25.7 Å². The number of carbonyl (C=O) groups is 3. The number of benzene rings is 1. The fourth-order valence-corrected chi connectivity index (χ4v) is 1.74. The molecule has 20 heavy (non-hydrogen) atoms. The molecule has 0 heterocycles. The van der Waals surface area contributed by atoms with Gasteiger partial charge < -0.3 is 14.2 Å². The van der Waals surface area contributed by atoms with E-state index in [-0.39, 0.29) is 18.1 Å². The Morgan fingerprint density at radius 1 is 1.10 bits per heavy atom. The quantitative estimate of drug-likeness (QED) is 0.465. The van der Waals surface area contributed by atoms with E-state index in [2.05, 4.69) is 0 Å². The van der Waals surface area contributed by atoms with Crippen molar-refractivity contribution in [1.29, 1.82) is 0 Å². The van der Waals surface area contributed by atoms with Crippen LogP contribution in [0.3, 0.4) is 0 Å². The highest BCUT2D eigenvalue weighted by Gasteiger charge is 2.19. The van der Waals surface area contributed by atoms with Crippen LogP contribution in [0, 0.1) is 13.8 Å². The van der Waals surface area contributed by atoms with Crippen LogP contribution in [0.1, 0.15) is 30.5 Å². The number of esters is 2. The number of ether oxygens (including phenoxy) is 3. The predicted molar refractivity (Wildman–Crippen MR) is 69.4 cm³/mol. The SMILES string of the molecule is CC(=O)Oc1c(C)cc(COC=O)c(C)c1OC(C)=O. The highest BCUT2D eigenvalue weighted by atomic mass is 16.6. The van der Waals surface area contributed by atoms with Crippen LogP contribution >= 0.6 is 0 Å². The van der Waals surface area contributed by atoms with Gasteiger partial charge in [0, 0.05) is 19.4 Å². The summed E-state index contributed by atoms with van der Waals surface area (Å²) in [5.74, 6) is -0.690. The Kier molecular flexibility index (Phi) is 5.25. The summed E-state index contributed by atoms with van der Waals surface area (Å²) >= 11 is 0. The van der Waals surface area contributed by atoms with Gasteiger partial charge in [-0.1, -0.05) is 0 Å². The molecule has 1 aromatic carbocycles. The van der Waals surface area contributed by atoms with Crippen LogP contribution in [0.25, 0.3) is 0 Å². The van der Waals surface area contributed by atoms with Gasteiger partial charge in [0.15, 0.2) is 11.5 Å². The predicted octanol–water partition coefficient (Wildman–Crippen LogP) is 1.83. The van der Waals surface area contributed by atoms with Crippen molar-refractivity contribution in [3.63, 3.8) is 0 Å². The maximum absolute atomic E-state index is 11.2. The first-order valence-corrected chi connectivity index (χ1v) is 5.92. The Labute approximate surface area is 116 Å². The fourth-order valence-electron chi connectivity index (χ4n) is 1.74. The number of hydrogen-bond donors (Lipinski definition) is 0. The molecule has 1 rings (SSSR count). The molecule has 0 saturated heterocycles. The number of aryl methyl sites for hydroxylation is 1. The van der Waals surface area contributed by atoms with Crippen LogP contribution in [0.4, 0.5) is 0 Å². The molecule has 0 amide bonds. The highest BCUT2D eigenvalue weighted by molar-refractivity contribution is 5.75. The van der Waals surface area contributed by atoms with Crippen LogP contribution in [0.15, 0.2) is 6.07 Å². The molecule has 6 nitrogen and oxygen atoms in total. The molecule has 0 N–H and O–H groups in total. The maximum Gasteiger partial charge on any atom is 0.308 e. The lowest BCUT2D eigenvalue weighted by molar-refractivity contribution is -0.134. The number of hydrogen-bond acceptors (Lipinski definition) is 6. The van der Waals surface area contributed by atoms with Crippen LogP contribution in [-0.4, -0.2) is 18.4 Å². The van der Waals surface area contributed by atoms with Gasteiger partial charge in [-0.05, 0) is 31.0 Å². The molecular weight excluding hydrogens is 264 g/mol. The molecule has 6 heteroatoms. The van der Waals surface area contributed by atoms with E-state index in [4.69, 9.17) is 14.2 Å². The van der Waals surface area contributed by atoms with Crippen LogP contribution < -0.4 is 9.47 Å². The Bertz CT molecular complexity index is 547. The van der Waals surface area contributed by atoms with Crippen molar-refractivity contribution in [3.05, 3.63) is 22.8 Å². The van der Waals surface area contributed by atoms with Gasteiger partial charge in [-0.3, -0.25) is 14.4 Å². The molecular formula is C14H16O6. The molecule has 108 valence electrons. The second-order valence-corrected chi connectivity index (χ2v) is 4.23. The Balaban J connectivity index is 3.35. The second-order valence-electron chi connectivity index (χ2n) is 4.23. The lowest BCUT2D eigenvalue weighted by atomic mass is 10.0. The van der Waals surface area contributed by atoms with Gasteiger partial charge in [0.1, 0.15) is 6.61 Å². The van der Waals surface area contributed by atoms with E-state index in [0.717, 1.165) is 0 Å². The second kappa shape index (κ2) is 6.70. The molecule has 0 aliphatic heterocycles. The minimum atomic E-state index is -0.533. The molecule has 0 aliphatic carbocycles. The zero-order valence-corrected chi connectivity index (χ0v) is 11.8. The van der Waals surface area contributed by atoms with Crippen molar-refractivity contribution in [1.82, 2.24) is 0 Å². The molecule has 0 fully saturated rings. The monoisotopic (exact) mass is 280 g/mol. The molecule has 1 aromatic rings. The first kappa shape index (κ1) is 15.7. The summed E-state index contributed by atoms with van der Waals surface area (Å²) in [4.78, 5) is 32.6. The van der Waals surface area contributed by atoms with E-state index < -0.39 is 11.9 Å². The van der Waals surface area contributed by atoms with E-state index in [9.17, 15) is 14.4 Å². The fraction of sp³-hybridized carbons (Fsp3) is 0.357. The largest absolute Gasteiger partial charge is 0.463 e. The highest BCUT2D eigenvalue weighted by Crippen LogP contribution is 2.37. The molecule has 0 aliphatic rings. The normalized spacial score (nSPS) is 9.80. The molecule has 0 saturated carbocycles. The van der Waals surface area contributed by atoms with Crippen molar-refractivity contribution >= 4 is 18.4 Å². The average molecular weight is 280 g/mol. The van der Waals surface area contributed by atoms with Crippen LogP contribution in [0.5, 0.6) is 11.5 Å². The van der Waals surface area contributed by atoms with E-state index in [1.807, 2.05) is 0 Å². The average Bonchev–Trinajstić information content (AvgIpc) is 2.35. The Morgan fingerprint density at radius 2 is 1.65 bits per heavy atom. The summed E-state index contributed by atoms with van der Waals surface area (Å²) in [5, 5.41) is 0. The molecule has 0 spiro atoms. The summed E-state index contributed by atoms with van der Waals surface area (Å²) in [6.07, 6.45) is 0. The molecule has 0 bridgehead atoms. The van der Waals surface area contributed by atoms with Crippen molar-refractivity contribution in [2.24, 2.45) is 0 Å². The van der Waals surface area contributed by atoms with Gasteiger partial charge in [0.25, 0.3) is 6.47 Å².